The number of nitrogens with zero attached hydrogens (tertiary/aromatic N) is 2. The number of nitro groups is 1. The van der Waals surface area contributed by atoms with Gasteiger partial charge in [-0.2, -0.15) is 5.10 Å². The fourth-order valence-electron chi connectivity index (χ4n) is 0.916. The molecule has 0 saturated heterocycles. The summed E-state index contributed by atoms with van der Waals surface area (Å²) in [7, 11) is 0. The smallest absolute Gasteiger partial charge is 0.270 e. The number of carbonyl (C=O) groups is 1. The van der Waals surface area contributed by atoms with E-state index in [4.69, 9.17) is 0 Å². The van der Waals surface area contributed by atoms with Gasteiger partial charge in [-0.3, -0.25) is 14.9 Å². The van der Waals surface area contributed by atoms with E-state index >= 15 is 0 Å². The van der Waals surface area contributed by atoms with Crippen molar-refractivity contribution in [3.63, 3.8) is 0 Å². The molecule has 0 atom stereocenters. The first-order valence-corrected chi connectivity index (χ1v) is 4.13. The first-order valence-electron chi connectivity index (χ1n) is 4.13. The van der Waals surface area contributed by atoms with Crippen LogP contribution in [0.3, 0.4) is 0 Å². The Bertz CT molecular complexity index is 415. The Morgan fingerprint density at radius 3 is 2.93 bits per heavy atom. The first kappa shape index (κ1) is 10.8. The second kappa shape index (κ2) is 4.85. The average molecular weight is 207 g/mol. The molecule has 1 rings (SSSR count). The zero-order valence-corrected chi connectivity index (χ0v) is 8.01. The maximum Gasteiger partial charge on any atom is 0.270 e. The normalized spacial score (nSPS) is 10.2. The van der Waals surface area contributed by atoms with Crippen molar-refractivity contribution in [3.05, 3.63) is 39.9 Å². The van der Waals surface area contributed by atoms with E-state index in [1.54, 1.807) is 12.1 Å². The minimum Gasteiger partial charge on any atom is -0.274 e. The van der Waals surface area contributed by atoms with Crippen LogP contribution in [0.2, 0.25) is 0 Å². The quantitative estimate of drug-likeness (QED) is 0.457. The summed E-state index contributed by atoms with van der Waals surface area (Å²) < 4.78 is 0. The molecule has 1 N–H and O–H groups in total. The van der Waals surface area contributed by atoms with Crippen LogP contribution >= 0.6 is 0 Å². The summed E-state index contributed by atoms with van der Waals surface area (Å²) in [6.07, 6.45) is 1.34. The molecule has 0 fully saturated rings. The lowest BCUT2D eigenvalue weighted by Crippen LogP contribution is -2.12. The average Bonchev–Trinajstić information content (AvgIpc) is 2.17. The van der Waals surface area contributed by atoms with Crippen LogP contribution in [-0.4, -0.2) is 17.0 Å². The molecular formula is C9H9N3O3. The molecule has 0 heterocycles. The minimum atomic E-state index is -0.490. The van der Waals surface area contributed by atoms with Gasteiger partial charge in [0.05, 0.1) is 11.1 Å². The lowest BCUT2D eigenvalue weighted by Gasteiger charge is -1.94. The molecule has 15 heavy (non-hydrogen) atoms. The van der Waals surface area contributed by atoms with Gasteiger partial charge in [0.1, 0.15) is 0 Å². The number of hydrogen-bond acceptors (Lipinski definition) is 4. The van der Waals surface area contributed by atoms with Crippen LogP contribution in [0.15, 0.2) is 29.4 Å². The van der Waals surface area contributed by atoms with E-state index in [1.807, 2.05) is 0 Å². The third-order valence-corrected chi connectivity index (χ3v) is 1.52. The van der Waals surface area contributed by atoms with Crippen LogP contribution in [0.4, 0.5) is 5.69 Å². The monoisotopic (exact) mass is 207 g/mol. The Labute approximate surface area is 85.8 Å². The Balaban J connectivity index is 2.78. The number of hydrogen-bond donors (Lipinski definition) is 1. The second-order valence-corrected chi connectivity index (χ2v) is 2.78. The maximum absolute atomic E-state index is 10.5. The summed E-state index contributed by atoms with van der Waals surface area (Å²) in [5, 5.41) is 14.0. The Kier molecular flexibility index (Phi) is 3.50. The van der Waals surface area contributed by atoms with Crippen molar-refractivity contribution < 1.29 is 9.72 Å². The second-order valence-electron chi connectivity index (χ2n) is 2.78. The molecule has 6 nitrogen and oxygen atoms in total. The maximum atomic E-state index is 10.5. The molecule has 0 aromatic heterocycles. The molecule has 0 saturated carbocycles. The molecule has 0 aliphatic rings. The molecule has 6 heteroatoms. The number of carbonyl (C=O) groups excluding carboxylic acids is 1. The van der Waals surface area contributed by atoms with Crippen molar-refractivity contribution in [1.82, 2.24) is 5.43 Å². The van der Waals surface area contributed by atoms with Crippen LogP contribution in [0.1, 0.15) is 12.5 Å². The molecule has 0 spiro atoms. The highest BCUT2D eigenvalue weighted by molar-refractivity contribution is 5.82. The summed E-state index contributed by atoms with van der Waals surface area (Å²) in [6, 6.07) is 5.95. The predicted octanol–water partition coefficient (Wildman–Crippen LogP) is 1.06. The zero-order chi connectivity index (χ0) is 11.3. The molecule has 0 radical (unpaired) electrons. The van der Waals surface area contributed by atoms with Crippen molar-refractivity contribution in [3.8, 4) is 0 Å². The van der Waals surface area contributed by atoms with E-state index in [0.717, 1.165) is 0 Å². The van der Waals surface area contributed by atoms with Crippen LogP contribution in [0.25, 0.3) is 0 Å². The highest BCUT2D eigenvalue weighted by atomic mass is 16.6. The summed E-state index contributed by atoms with van der Waals surface area (Å²) in [4.78, 5) is 20.4. The van der Waals surface area contributed by atoms with E-state index in [-0.39, 0.29) is 11.6 Å². The van der Waals surface area contributed by atoms with Crippen molar-refractivity contribution in [2.24, 2.45) is 5.10 Å². The van der Waals surface area contributed by atoms with Gasteiger partial charge < -0.3 is 0 Å². The Morgan fingerprint density at radius 1 is 1.60 bits per heavy atom. The molecule has 1 amide bonds. The van der Waals surface area contributed by atoms with Crippen molar-refractivity contribution in [2.75, 3.05) is 0 Å². The van der Waals surface area contributed by atoms with Gasteiger partial charge in [0.2, 0.25) is 5.91 Å². The summed E-state index contributed by atoms with van der Waals surface area (Å²) >= 11 is 0. The van der Waals surface area contributed by atoms with E-state index in [9.17, 15) is 14.9 Å². The molecule has 0 aliphatic heterocycles. The number of benzene rings is 1. The fraction of sp³-hybridized carbons (Fsp3) is 0.111. The van der Waals surface area contributed by atoms with Crippen LogP contribution in [-0.2, 0) is 4.79 Å². The predicted molar refractivity (Wildman–Crippen MR) is 54.5 cm³/mol. The highest BCUT2D eigenvalue weighted by Crippen LogP contribution is 2.11. The van der Waals surface area contributed by atoms with Gasteiger partial charge in [-0.1, -0.05) is 12.1 Å². The summed E-state index contributed by atoms with van der Waals surface area (Å²) in [5.41, 5.74) is 2.74. The number of nitrogens with one attached hydrogen (secondary N) is 1. The van der Waals surface area contributed by atoms with Crippen molar-refractivity contribution in [1.29, 1.82) is 0 Å². The number of amides is 1. The third kappa shape index (κ3) is 3.55. The van der Waals surface area contributed by atoms with Gasteiger partial charge in [0, 0.05) is 24.6 Å². The summed E-state index contributed by atoms with van der Waals surface area (Å²) in [6.45, 7) is 1.32. The zero-order valence-electron chi connectivity index (χ0n) is 8.01. The first-order chi connectivity index (χ1) is 7.09. The van der Waals surface area contributed by atoms with E-state index < -0.39 is 4.92 Å². The van der Waals surface area contributed by atoms with E-state index in [0.29, 0.717) is 5.56 Å². The van der Waals surface area contributed by atoms with Crippen molar-refractivity contribution >= 4 is 17.8 Å². The fourth-order valence-corrected chi connectivity index (χ4v) is 0.916. The summed E-state index contributed by atoms with van der Waals surface area (Å²) in [5.74, 6) is -0.295. The lowest BCUT2D eigenvalue weighted by molar-refractivity contribution is -0.384. The lowest BCUT2D eigenvalue weighted by atomic mass is 10.2. The molecule has 78 valence electrons. The number of rotatable bonds is 3. The van der Waals surface area contributed by atoms with Gasteiger partial charge in [-0.15, -0.1) is 0 Å². The van der Waals surface area contributed by atoms with Gasteiger partial charge in [0.25, 0.3) is 5.69 Å². The molecule has 1 aromatic carbocycles. The highest BCUT2D eigenvalue weighted by Gasteiger charge is 2.03. The van der Waals surface area contributed by atoms with Crippen LogP contribution in [0, 0.1) is 10.1 Å². The van der Waals surface area contributed by atoms with Gasteiger partial charge >= 0.3 is 0 Å². The van der Waals surface area contributed by atoms with Gasteiger partial charge in [0.15, 0.2) is 0 Å². The topological polar surface area (TPSA) is 84.6 Å². The Hall–Kier alpha value is -2.24. The molecule has 1 aromatic rings. The van der Waals surface area contributed by atoms with Crippen molar-refractivity contribution in [2.45, 2.75) is 6.92 Å². The SMILES string of the molecule is CC(=O)N/N=C/c1cccc([N+](=O)[O-])c1. The number of non-ortho nitro benzene ring substituents is 1. The standard InChI is InChI=1S/C9H9N3O3/c1-7(13)11-10-6-8-3-2-4-9(5-8)12(14)15/h2-6H,1H3,(H,11,13)/b10-6+. The largest absolute Gasteiger partial charge is 0.274 e. The van der Waals surface area contributed by atoms with Gasteiger partial charge in [-0.05, 0) is 0 Å². The third-order valence-electron chi connectivity index (χ3n) is 1.52. The molecule has 0 bridgehead atoms. The number of hydrazone groups is 1. The van der Waals surface area contributed by atoms with E-state index in [1.165, 1.54) is 25.3 Å². The van der Waals surface area contributed by atoms with Crippen LogP contribution < -0.4 is 5.43 Å². The van der Waals surface area contributed by atoms with Gasteiger partial charge in [-0.25, -0.2) is 5.43 Å². The van der Waals surface area contributed by atoms with E-state index in [2.05, 4.69) is 10.5 Å². The molecular weight excluding hydrogens is 198 g/mol. The molecule has 0 aliphatic carbocycles. The number of nitro benzene ring substituents is 1. The van der Waals surface area contributed by atoms with Crippen LogP contribution in [0.5, 0.6) is 0 Å². The minimum absolute atomic E-state index is 0.0122. The Morgan fingerprint density at radius 2 is 2.33 bits per heavy atom. The molecule has 0 unspecified atom stereocenters.